The van der Waals surface area contributed by atoms with Gasteiger partial charge in [0.15, 0.2) is 24.0 Å². The number of aromatic amines is 1. The van der Waals surface area contributed by atoms with Crippen LogP contribution < -0.4 is 10.1 Å². The van der Waals surface area contributed by atoms with Gasteiger partial charge in [-0.05, 0) is 32.4 Å². The third-order valence-corrected chi connectivity index (χ3v) is 5.07. The van der Waals surface area contributed by atoms with Crippen LogP contribution in [0.2, 0.25) is 0 Å². The van der Waals surface area contributed by atoms with Crippen molar-refractivity contribution in [1.29, 1.82) is 0 Å². The molecule has 1 N–H and O–H groups in total. The molecule has 3 aromatic rings. The number of nitrogens with zero attached hydrogens (tertiary/aromatic N) is 2. The van der Waals surface area contributed by atoms with Crippen LogP contribution >= 0.6 is 11.3 Å². The lowest BCUT2D eigenvalue weighted by Crippen LogP contribution is -2.36. The quantitative estimate of drug-likeness (QED) is 0.420. The van der Waals surface area contributed by atoms with Crippen LogP contribution in [0, 0.1) is 6.92 Å². The molecule has 8 heteroatoms. The first kappa shape index (κ1) is 17.9. The lowest BCUT2D eigenvalue weighted by atomic mass is 10.2. The van der Waals surface area contributed by atoms with Crippen molar-refractivity contribution >= 4 is 33.3 Å². The number of H-pyrrole nitrogens is 1. The molecule has 0 aromatic carbocycles. The zero-order valence-corrected chi connectivity index (χ0v) is 15.5. The van der Waals surface area contributed by atoms with Crippen molar-refractivity contribution in [3.05, 3.63) is 56.7 Å². The topological polar surface area (TPSA) is 93.0 Å². The molecule has 0 fully saturated rings. The van der Waals surface area contributed by atoms with Crippen LogP contribution in [0.25, 0.3) is 10.2 Å². The van der Waals surface area contributed by atoms with Gasteiger partial charge in [-0.1, -0.05) is 0 Å². The lowest BCUT2D eigenvalue weighted by Gasteiger charge is -2.00. The van der Waals surface area contributed by atoms with Crippen molar-refractivity contribution in [3.8, 4) is 0 Å². The van der Waals surface area contributed by atoms with Crippen LogP contribution in [0.15, 0.2) is 29.3 Å². The van der Waals surface area contributed by atoms with Crippen LogP contribution in [0.5, 0.6) is 0 Å². The minimum absolute atomic E-state index is 0.0378. The van der Waals surface area contributed by atoms with E-state index >= 15 is 0 Å². The van der Waals surface area contributed by atoms with E-state index in [1.807, 2.05) is 0 Å². The van der Waals surface area contributed by atoms with E-state index in [0.29, 0.717) is 38.6 Å². The summed E-state index contributed by atoms with van der Waals surface area (Å²) in [4.78, 5) is 44.1. The number of carbonyl (C=O) groups excluding carboxylic acids is 2. The number of pyridine rings is 1. The van der Waals surface area contributed by atoms with Gasteiger partial charge in [0.05, 0.1) is 17.6 Å². The minimum Gasteiger partial charge on any atom is -0.462 e. The number of rotatable bonds is 5. The number of aromatic nitrogens is 3. The Labute approximate surface area is 153 Å². The number of ether oxygens (including phenoxy) is 1. The molecule has 7 nitrogen and oxygen atoms in total. The summed E-state index contributed by atoms with van der Waals surface area (Å²) in [7, 11) is 0. The minimum atomic E-state index is -0.447. The Bertz CT molecular complexity index is 1070. The first-order chi connectivity index (χ1) is 12.4. The van der Waals surface area contributed by atoms with E-state index in [0.717, 1.165) is 11.3 Å². The highest BCUT2D eigenvalue weighted by atomic mass is 32.1. The van der Waals surface area contributed by atoms with Crippen LogP contribution in [-0.4, -0.2) is 28.3 Å². The first-order valence-electron chi connectivity index (χ1n) is 8.10. The molecule has 0 aliphatic carbocycles. The van der Waals surface area contributed by atoms with Crippen molar-refractivity contribution in [3.63, 3.8) is 0 Å². The summed E-state index contributed by atoms with van der Waals surface area (Å²) >= 11 is 1.15. The number of aryl methyl sites for hydroxylation is 1. The molecule has 0 saturated heterocycles. The number of thiophene rings is 1. The molecule has 0 spiro atoms. The highest BCUT2D eigenvalue weighted by molar-refractivity contribution is 7.20. The second-order valence-corrected chi connectivity index (χ2v) is 6.79. The average Bonchev–Trinajstić information content (AvgIpc) is 2.92. The number of ketones is 1. The fourth-order valence-electron chi connectivity index (χ4n) is 2.66. The Hall–Kier alpha value is -2.87. The van der Waals surface area contributed by atoms with Gasteiger partial charge in [0.1, 0.15) is 9.71 Å². The summed E-state index contributed by atoms with van der Waals surface area (Å²) in [6, 6.07) is 3.49. The van der Waals surface area contributed by atoms with Gasteiger partial charge in [-0.25, -0.2) is 9.78 Å². The molecule has 0 atom stereocenters. The summed E-state index contributed by atoms with van der Waals surface area (Å²) < 4.78 is 6.81. The van der Waals surface area contributed by atoms with E-state index in [1.54, 1.807) is 42.9 Å². The SMILES string of the molecule is CCOC(=O)c1sc2nc(C[n+]3cccc(C(C)=O)c3)[nH]c(=O)c2c1C. The molecule has 0 bridgehead atoms. The maximum atomic E-state index is 12.5. The average molecular weight is 372 g/mol. The van der Waals surface area contributed by atoms with Crippen molar-refractivity contribution in [1.82, 2.24) is 9.97 Å². The van der Waals surface area contributed by atoms with E-state index in [-0.39, 0.29) is 17.9 Å². The Morgan fingerprint density at radius 3 is 2.85 bits per heavy atom. The predicted molar refractivity (Wildman–Crippen MR) is 96.7 cm³/mol. The molecule has 3 heterocycles. The molecule has 3 aromatic heterocycles. The van der Waals surface area contributed by atoms with Crippen LogP contribution in [0.3, 0.4) is 0 Å². The third kappa shape index (κ3) is 3.41. The first-order valence-corrected chi connectivity index (χ1v) is 8.91. The largest absolute Gasteiger partial charge is 0.462 e. The lowest BCUT2D eigenvalue weighted by molar-refractivity contribution is -0.689. The summed E-state index contributed by atoms with van der Waals surface area (Å²) in [5.41, 5.74) is 0.861. The molecule has 3 rings (SSSR count). The Balaban J connectivity index is 2.01. The van der Waals surface area contributed by atoms with Crippen molar-refractivity contribution in [2.24, 2.45) is 0 Å². The molecular weight excluding hydrogens is 354 g/mol. The Morgan fingerprint density at radius 2 is 2.15 bits per heavy atom. The number of carbonyl (C=O) groups is 2. The molecular formula is C18H18N3O4S+. The van der Waals surface area contributed by atoms with Gasteiger partial charge in [-0.2, -0.15) is 4.57 Å². The van der Waals surface area contributed by atoms with Gasteiger partial charge in [0.2, 0.25) is 6.54 Å². The highest BCUT2D eigenvalue weighted by Gasteiger charge is 2.21. The highest BCUT2D eigenvalue weighted by Crippen LogP contribution is 2.27. The fraction of sp³-hybridized carbons (Fsp3) is 0.278. The predicted octanol–water partition coefficient (Wildman–Crippen LogP) is 2.01. The van der Waals surface area contributed by atoms with Gasteiger partial charge in [0.25, 0.3) is 5.56 Å². The monoisotopic (exact) mass is 372 g/mol. The summed E-state index contributed by atoms with van der Waals surface area (Å²) in [6.45, 7) is 5.52. The second kappa shape index (κ2) is 7.17. The van der Waals surface area contributed by atoms with Gasteiger partial charge < -0.3 is 9.72 Å². The van der Waals surface area contributed by atoms with E-state index < -0.39 is 5.97 Å². The zero-order valence-electron chi connectivity index (χ0n) is 14.7. The smallest absolute Gasteiger partial charge is 0.348 e. The number of nitrogens with one attached hydrogen (secondary N) is 1. The number of Topliss-reactive ketones (excluding diaryl/α,β-unsaturated/α-hetero) is 1. The molecule has 0 aliphatic heterocycles. The standard InChI is InChI=1S/C18H17N3O4S/c1-4-25-18(24)15-10(2)14-16(23)19-13(20-17(14)26-15)9-21-7-5-6-12(8-21)11(3)22/h5-8H,4,9H2,1-3H3/p+1. The van der Waals surface area contributed by atoms with Gasteiger partial charge in [0, 0.05) is 6.07 Å². The molecule has 0 aliphatic rings. The number of esters is 1. The maximum absolute atomic E-state index is 12.5. The third-order valence-electron chi connectivity index (χ3n) is 3.91. The van der Waals surface area contributed by atoms with Crippen LogP contribution in [0.4, 0.5) is 0 Å². The van der Waals surface area contributed by atoms with E-state index in [2.05, 4.69) is 9.97 Å². The Kier molecular flexibility index (Phi) is 4.94. The van der Waals surface area contributed by atoms with Crippen LogP contribution in [-0.2, 0) is 11.3 Å². The summed E-state index contributed by atoms with van der Waals surface area (Å²) in [6.07, 6.45) is 3.50. The normalized spacial score (nSPS) is 10.9. The number of hydrogen-bond donors (Lipinski definition) is 1. The van der Waals surface area contributed by atoms with Crippen molar-refractivity contribution in [2.45, 2.75) is 27.3 Å². The molecule has 0 saturated carbocycles. The number of fused-ring (bicyclic) bond motifs is 1. The van der Waals surface area contributed by atoms with Crippen LogP contribution in [0.1, 0.15) is 45.3 Å². The molecule has 0 amide bonds. The summed E-state index contributed by atoms with van der Waals surface area (Å²) in [5.74, 6) is -0.0356. The van der Waals surface area contributed by atoms with E-state index in [9.17, 15) is 14.4 Å². The van der Waals surface area contributed by atoms with Crippen molar-refractivity contribution < 1.29 is 18.9 Å². The Morgan fingerprint density at radius 1 is 1.38 bits per heavy atom. The zero-order chi connectivity index (χ0) is 18.8. The van der Waals surface area contributed by atoms with E-state index in [1.165, 1.54) is 6.92 Å². The fourth-order valence-corrected chi connectivity index (χ4v) is 3.75. The molecule has 134 valence electrons. The summed E-state index contributed by atoms with van der Waals surface area (Å²) in [5, 5.41) is 0.407. The van der Waals surface area contributed by atoms with E-state index in [4.69, 9.17) is 4.74 Å². The molecule has 0 radical (unpaired) electrons. The maximum Gasteiger partial charge on any atom is 0.348 e. The second-order valence-electron chi connectivity index (χ2n) is 5.79. The molecule has 26 heavy (non-hydrogen) atoms. The number of hydrogen-bond acceptors (Lipinski definition) is 6. The van der Waals surface area contributed by atoms with Gasteiger partial charge in [-0.15, -0.1) is 11.3 Å². The molecule has 0 unspecified atom stereocenters. The van der Waals surface area contributed by atoms with Gasteiger partial charge in [-0.3, -0.25) is 9.59 Å². The van der Waals surface area contributed by atoms with Crippen molar-refractivity contribution in [2.75, 3.05) is 6.61 Å². The van der Waals surface area contributed by atoms with Gasteiger partial charge >= 0.3 is 5.97 Å².